The van der Waals surface area contributed by atoms with Crippen LogP contribution < -0.4 is 5.11 Å². The van der Waals surface area contributed by atoms with E-state index in [2.05, 4.69) is 42.2 Å². The van der Waals surface area contributed by atoms with Crippen LogP contribution in [0.5, 0.6) is 0 Å². The Morgan fingerprint density at radius 2 is 1.81 bits per heavy atom. The van der Waals surface area contributed by atoms with Crippen molar-refractivity contribution in [3.8, 4) is 0 Å². The van der Waals surface area contributed by atoms with Crippen LogP contribution >= 0.6 is 11.8 Å². The lowest BCUT2D eigenvalue weighted by molar-refractivity contribution is -0.301. The number of aromatic nitrogens is 3. The number of benzene rings is 1. The molecule has 2 aromatic heterocycles. The first-order valence-corrected chi connectivity index (χ1v) is 7.54. The third-order valence-electron chi connectivity index (χ3n) is 3.56. The molecule has 0 radical (unpaired) electrons. The van der Waals surface area contributed by atoms with E-state index in [9.17, 15) is 9.90 Å². The van der Waals surface area contributed by atoms with Gasteiger partial charge in [-0.15, -0.1) is 10.2 Å². The highest BCUT2D eigenvalue weighted by Crippen LogP contribution is 2.27. The number of fused-ring (bicyclic) bond motifs is 3. The van der Waals surface area contributed by atoms with Crippen molar-refractivity contribution in [1.29, 1.82) is 0 Å². The predicted octanol–water partition coefficient (Wildman–Crippen LogP) is 1.65. The zero-order valence-electron chi connectivity index (χ0n) is 12.0. The molecule has 0 spiro atoms. The summed E-state index contributed by atoms with van der Waals surface area (Å²) in [6.45, 7) is 6.11. The Morgan fingerprint density at radius 3 is 2.52 bits per heavy atom. The molecule has 0 saturated carbocycles. The highest BCUT2D eigenvalue weighted by atomic mass is 32.2. The van der Waals surface area contributed by atoms with Gasteiger partial charge in [0, 0.05) is 5.75 Å². The first kappa shape index (κ1) is 13.9. The second kappa shape index (κ2) is 5.04. The van der Waals surface area contributed by atoms with E-state index < -0.39 is 5.97 Å². The van der Waals surface area contributed by atoms with Gasteiger partial charge in [0.05, 0.1) is 11.5 Å². The van der Waals surface area contributed by atoms with Crippen LogP contribution in [0.15, 0.2) is 23.4 Å². The first-order valence-electron chi connectivity index (χ1n) is 6.55. The van der Waals surface area contributed by atoms with Crippen LogP contribution in [-0.4, -0.2) is 26.3 Å². The number of aliphatic carboxylic acids is 1. The Morgan fingerprint density at radius 1 is 1.14 bits per heavy atom. The fraction of sp³-hybridized carbons (Fsp3) is 0.267. The minimum atomic E-state index is -1.11. The SMILES string of the molecule is Cc1cc2cc(C)c3nnc(SCC(=O)[O-])n3c2cc1C. The number of hydrogen-bond donors (Lipinski definition) is 0. The first-order chi connectivity index (χ1) is 9.97. The number of carboxylic acid groups (broad SMARTS) is 1. The van der Waals surface area contributed by atoms with E-state index in [1.165, 1.54) is 11.1 Å². The van der Waals surface area contributed by atoms with Crippen LogP contribution in [0.3, 0.4) is 0 Å². The fourth-order valence-corrected chi connectivity index (χ4v) is 3.05. The maximum atomic E-state index is 10.7. The smallest absolute Gasteiger partial charge is 0.196 e. The summed E-state index contributed by atoms with van der Waals surface area (Å²) >= 11 is 1.13. The topological polar surface area (TPSA) is 70.3 Å². The maximum Gasteiger partial charge on any atom is 0.196 e. The van der Waals surface area contributed by atoms with Gasteiger partial charge in [0.15, 0.2) is 10.8 Å². The molecular weight excluding hydrogens is 286 g/mol. The molecule has 5 nitrogen and oxygen atoms in total. The lowest BCUT2D eigenvalue weighted by Gasteiger charge is -2.10. The van der Waals surface area contributed by atoms with Gasteiger partial charge in [-0.1, -0.05) is 11.8 Å². The maximum absolute atomic E-state index is 10.7. The summed E-state index contributed by atoms with van der Waals surface area (Å²) in [6.07, 6.45) is 0. The molecule has 0 N–H and O–H groups in total. The number of rotatable bonds is 3. The molecular formula is C15H14N3O2S-. The van der Waals surface area contributed by atoms with Gasteiger partial charge in [0.25, 0.3) is 0 Å². The molecule has 0 aliphatic rings. The number of pyridine rings is 1. The average Bonchev–Trinajstić information content (AvgIpc) is 2.84. The summed E-state index contributed by atoms with van der Waals surface area (Å²) in [6, 6.07) is 6.30. The zero-order chi connectivity index (χ0) is 15.1. The Kier molecular flexibility index (Phi) is 3.33. The predicted molar refractivity (Wildman–Crippen MR) is 80.4 cm³/mol. The minimum Gasteiger partial charge on any atom is -0.549 e. The van der Waals surface area contributed by atoms with E-state index in [0.29, 0.717) is 5.16 Å². The van der Waals surface area contributed by atoms with E-state index in [4.69, 9.17) is 0 Å². The Balaban J connectivity index is 2.31. The second-order valence-corrected chi connectivity index (χ2v) is 6.07. The lowest BCUT2D eigenvalue weighted by atomic mass is 10.0. The Bertz CT molecular complexity index is 870. The molecule has 0 saturated heterocycles. The number of thioether (sulfide) groups is 1. The van der Waals surface area contributed by atoms with E-state index in [1.54, 1.807) is 0 Å². The van der Waals surface area contributed by atoms with Gasteiger partial charge in [-0.2, -0.15) is 0 Å². The molecule has 0 aliphatic heterocycles. The standard InChI is InChI=1S/C15H15N3O2S/c1-8-4-11-5-10(3)14-16-17-15(21-7-13(19)20)18(14)12(11)6-9(8)2/h4-6H,7H2,1-3H3,(H,19,20)/p-1. The van der Waals surface area contributed by atoms with Crippen LogP contribution in [0.2, 0.25) is 0 Å². The summed E-state index contributed by atoms with van der Waals surface area (Å²) in [7, 11) is 0. The van der Waals surface area contributed by atoms with Gasteiger partial charge < -0.3 is 9.90 Å². The van der Waals surface area contributed by atoms with Crippen molar-refractivity contribution in [3.05, 3.63) is 34.9 Å². The van der Waals surface area contributed by atoms with Crippen molar-refractivity contribution in [2.75, 3.05) is 5.75 Å². The lowest BCUT2D eigenvalue weighted by Crippen LogP contribution is -2.24. The van der Waals surface area contributed by atoms with Gasteiger partial charge in [-0.25, -0.2) is 0 Å². The molecule has 6 heteroatoms. The molecule has 2 heterocycles. The molecule has 0 fully saturated rings. The largest absolute Gasteiger partial charge is 0.549 e. The third-order valence-corrected chi connectivity index (χ3v) is 4.46. The average molecular weight is 300 g/mol. The van der Waals surface area contributed by atoms with Crippen LogP contribution in [0.4, 0.5) is 0 Å². The Hall–Kier alpha value is -2.08. The molecule has 0 atom stereocenters. The number of carbonyl (C=O) groups is 1. The minimum absolute atomic E-state index is 0.138. The van der Waals surface area contributed by atoms with E-state index >= 15 is 0 Å². The summed E-state index contributed by atoms with van der Waals surface area (Å²) in [5.74, 6) is -1.25. The summed E-state index contributed by atoms with van der Waals surface area (Å²) in [5, 5.41) is 20.6. The molecule has 3 aromatic rings. The highest BCUT2D eigenvalue weighted by molar-refractivity contribution is 7.99. The van der Waals surface area contributed by atoms with Gasteiger partial charge in [-0.05, 0) is 61.0 Å². The van der Waals surface area contributed by atoms with Gasteiger partial charge in [0.2, 0.25) is 0 Å². The van der Waals surface area contributed by atoms with Crippen molar-refractivity contribution in [2.24, 2.45) is 0 Å². The molecule has 0 unspecified atom stereocenters. The van der Waals surface area contributed by atoms with Crippen molar-refractivity contribution in [1.82, 2.24) is 14.6 Å². The number of hydrogen-bond acceptors (Lipinski definition) is 5. The van der Waals surface area contributed by atoms with Crippen LogP contribution in [-0.2, 0) is 4.79 Å². The second-order valence-electron chi connectivity index (χ2n) is 5.12. The van der Waals surface area contributed by atoms with Crippen LogP contribution in [0.25, 0.3) is 16.6 Å². The van der Waals surface area contributed by atoms with Crippen molar-refractivity contribution < 1.29 is 9.90 Å². The van der Waals surface area contributed by atoms with Gasteiger partial charge >= 0.3 is 0 Å². The number of nitrogens with zero attached hydrogens (tertiary/aromatic N) is 3. The molecule has 108 valence electrons. The molecule has 21 heavy (non-hydrogen) atoms. The quantitative estimate of drug-likeness (QED) is 0.688. The number of aryl methyl sites for hydroxylation is 3. The molecule has 0 bridgehead atoms. The molecule has 1 aromatic carbocycles. The molecule has 0 aliphatic carbocycles. The monoisotopic (exact) mass is 300 g/mol. The van der Waals surface area contributed by atoms with Crippen LogP contribution in [0, 0.1) is 20.8 Å². The van der Waals surface area contributed by atoms with Crippen LogP contribution in [0.1, 0.15) is 16.7 Å². The zero-order valence-corrected chi connectivity index (χ0v) is 12.8. The molecule has 0 amide bonds. The number of carbonyl (C=O) groups excluding carboxylic acids is 1. The van der Waals surface area contributed by atoms with E-state index in [0.717, 1.165) is 33.9 Å². The molecule has 3 rings (SSSR count). The fourth-order valence-electron chi connectivity index (χ4n) is 2.39. The van der Waals surface area contributed by atoms with Crippen molar-refractivity contribution >= 4 is 34.3 Å². The van der Waals surface area contributed by atoms with E-state index in [1.807, 2.05) is 11.3 Å². The van der Waals surface area contributed by atoms with Gasteiger partial charge in [0.1, 0.15) is 0 Å². The van der Waals surface area contributed by atoms with E-state index in [-0.39, 0.29) is 5.75 Å². The normalized spacial score (nSPS) is 11.4. The van der Waals surface area contributed by atoms with Crippen molar-refractivity contribution in [3.63, 3.8) is 0 Å². The summed E-state index contributed by atoms with van der Waals surface area (Å²) < 4.78 is 1.92. The summed E-state index contributed by atoms with van der Waals surface area (Å²) in [5.41, 5.74) is 5.16. The Labute approximate surface area is 126 Å². The van der Waals surface area contributed by atoms with Crippen molar-refractivity contribution in [2.45, 2.75) is 25.9 Å². The van der Waals surface area contributed by atoms with Gasteiger partial charge in [-0.3, -0.25) is 4.40 Å². The number of carboxylic acids is 1. The third kappa shape index (κ3) is 2.35. The summed E-state index contributed by atoms with van der Waals surface area (Å²) in [4.78, 5) is 10.7. The highest BCUT2D eigenvalue weighted by Gasteiger charge is 2.13.